The highest BCUT2D eigenvalue weighted by atomic mass is 16.2. The Morgan fingerprint density at radius 1 is 1.18 bits per heavy atom. The van der Waals surface area contributed by atoms with Crippen LogP contribution in [0.2, 0.25) is 0 Å². The minimum absolute atomic E-state index is 0.152. The zero-order chi connectivity index (χ0) is 15.4. The lowest BCUT2D eigenvalue weighted by molar-refractivity contribution is 0.0941. The van der Waals surface area contributed by atoms with Crippen LogP contribution in [0.5, 0.6) is 0 Å². The Morgan fingerprint density at radius 2 is 2.00 bits per heavy atom. The fourth-order valence-corrected chi connectivity index (χ4v) is 2.21. The van der Waals surface area contributed by atoms with E-state index in [0.29, 0.717) is 12.2 Å². The van der Waals surface area contributed by atoms with Crippen LogP contribution < -0.4 is 5.32 Å². The minimum atomic E-state index is -0.152. The largest absolute Gasteiger partial charge is 0.347 e. The number of hydrogen-bond donors (Lipinski definition) is 1. The quantitative estimate of drug-likeness (QED) is 0.803. The van der Waals surface area contributed by atoms with E-state index in [1.165, 1.54) is 0 Å². The number of aryl methyl sites for hydroxylation is 1. The van der Waals surface area contributed by atoms with Crippen LogP contribution in [0.25, 0.3) is 11.3 Å². The molecule has 0 aliphatic carbocycles. The number of carbonyl (C=O) groups excluding carboxylic acids is 1. The van der Waals surface area contributed by atoms with Gasteiger partial charge in [-0.3, -0.25) is 14.5 Å². The lowest BCUT2D eigenvalue weighted by atomic mass is 10.1. The minimum Gasteiger partial charge on any atom is -0.347 e. The van der Waals surface area contributed by atoms with E-state index >= 15 is 0 Å². The van der Waals surface area contributed by atoms with E-state index in [-0.39, 0.29) is 5.91 Å². The Bertz CT molecular complexity index is 766. The number of carbonyl (C=O) groups is 1. The van der Waals surface area contributed by atoms with Gasteiger partial charge in [-0.2, -0.15) is 5.10 Å². The number of nitrogens with zero attached hydrogens (tertiary/aromatic N) is 3. The lowest BCUT2D eigenvalue weighted by Gasteiger charge is -2.04. The van der Waals surface area contributed by atoms with Gasteiger partial charge in [0.15, 0.2) is 0 Å². The SMILES string of the molecule is Cn1nc(-c2ccccc2)cc1C(=O)NCc1cccnc1. The highest BCUT2D eigenvalue weighted by molar-refractivity contribution is 5.93. The van der Waals surface area contributed by atoms with Crippen molar-refractivity contribution in [3.8, 4) is 11.3 Å². The first-order valence-electron chi connectivity index (χ1n) is 7.00. The third kappa shape index (κ3) is 3.03. The van der Waals surface area contributed by atoms with E-state index in [4.69, 9.17) is 0 Å². The maximum atomic E-state index is 12.3. The summed E-state index contributed by atoms with van der Waals surface area (Å²) in [5.41, 5.74) is 3.27. The van der Waals surface area contributed by atoms with Crippen LogP contribution in [0.1, 0.15) is 16.1 Å². The van der Waals surface area contributed by atoms with Crippen LogP contribution in [0.15, 0.2) is 60.9 Å². The molecule has 110 valence electrons. The van der Waals surface area contributed by atoms with E-state index in [2.05, 4.69) is 15.4 Å². The van der Waals surface area contributed by atoms with Gasteiger partial charge in [0.2, 0.25) is 0 Å². The standard InChI is InChI=1S/C17H16N4O/c1-21-16(10-15(20-21)14-7-3-2-4-8-14)17(22)19-12-13-6-5-9-18-11-13/h2-11H,12H2,1H3,(H,19,22). The molecule has 0 bridgehead atoms. The lowest BCUT2D eigenvalue weighted by Crippen LogP contribution is -2.25. The summed E-state index contributed by atoms with van der Waals surface area (Å²) < 4.78 is 1.60. The third-order valence-electron chi connectivity index (χ3n) is 3.36. The van der Waals surface area contributed by atoms with E-state index in [0.717, 1.165) is 16.8 Å². The third-order valence-corrected chi connectivity index (χ3v) is 3.36. The summed E-state index contributed by atoms with van der Waals surface area (Å²) in [5.74, 6) is -0.152. The molecule has 2 heterocycles. The van der Waals surface area contributed by atoms with Crippen molar-refractivity contribution >= 4 is 5.91 Å². The number of benzene rings is 1. The predicted molar refractivity (Wildman–Crippen MR) is 84.1 cm³/mol. The predicted octanol–water partition coefficient (Wildman–Crippen LogP) is 2.41. The van der Waals surface area contributed by atoms with Crippen LogP contribution in [-0.4, -0.2) is 20.7 Å². The van der Waals surface area contributed by atoms with Crippen molar-refractivity contribution in [3.63, 3.8) is 0 Å². The van der Waals surface area contributed by atoms with Crippen molar-refractivity contribution < 1.29 is 4.79 Å². The Morgan fingerprint density at radius 3 is 2.73 bits per heavy atom. The highest BCUT2D eigenvalue weighted by Gasteiger charge is 2.13. The fourth-order valence-electron chi connectivity index (χ4n) is 2.21. The highest BCUT2D eigenvalue weighted by Crippen LogP contribution is 2.18. The molecule has 0 aliphatic rings. The number of nitrogens with one attached hydrogen (secondary N) is 1. The summed E-state index contributed by atoms with van der Waals surface area (Å²) in [5, 5.41) is 7.28. The zero-order valence-electron chi connectivity index (χ0n) is 12.2. The first kappa shape index (κ1) is 14.0. The van der Waals surface area contributed by atoms with Crippen molar-refractivity contribution in [2.75, 3.05) is 0 Å². The number of aromatic nitrogens is 3. The molecule has 0 saturated heterocycles. The van der Waals surface area contributed by atoms with Gasteiger partial charge in [0.25, 0.3) is 5.91 Å². The van der Waals surface area contributed by atoms with Gasteiger partial charge in [-0.25, -0.2) is 0 Å². The van der Waals surface area contributed by atoms with Gasteiger partial charge in [-0.1, -0.05) is 36.4 Å². The Kier molecular flexibility index (Phi) is 3.96. The molecule has 0 saturated carbocycles. The maximum absolute atomic E-state index is 12.3. The molecule has 5 nitrogen and oxygen atoms in total. The molecule has 2 aromatic heterocycles. The van der Waals surface area contributed by atoms with Crippen molar-refractivity contribution in [2.24, 2.45) is 7.05 Å². The van der Waals surface area contributed by atoms with Gasteiger partial charge in [0, 0.05) is 31.5 Å². The molecule has 1 N–H and O–H groups in total. The summed E-state index contributed by atoms with van der Waals surface area (Å²) in [6.45, 7) is 0.443. The first-order chi connectivity index (χ1) is 10.7. The molecule has 0 aliphatic heterocycles. The molecule has 1 amide bonds. The van der Waals surface area contributed by atoms with Crippen molar-refractivity contribution in [1.29, 1.82) is 0 Å². The molecule has 0 unspecified atom stereocenters. The summed E-state index contributed by atoms with van der Waals surface area (Å²) in [7, 11) is 1.77. The van der Waals surface area contributed by atoms with E-state index in [9.17, 15) is 4.79 Å². The first-order valence-corrected chi connectivity index (χ1v) is 7.00. The van der Waals surface area contributed by atoms with Gasteiger partial charge < -0.3 is 5.32 Å². The Labute approximate surface area is 128 Å². The molecule has 1 aromatic carbocycles. The fraction of sp³-hybridized carbons (Fsp3) is 0.118. The molecule has 22 heavy (non-hydrogen) atoms. The molecular weight excluding hydrogens is 276 g/mol. The van der Waals surface area contributed by atoms with Gasteiger partial charge in [0.1, 0.15) is 5.69 Å². The molecule has 3 rings (SSSR count). The van der Waals surface area contributed by atoms with E-state index < -0.39 is 0 Å². The molecule has 0 fully saturated rings. The van der Waals surface area contributed by atoms with Crippen LogP contribution in [-0.2, 0) is 13.6 Å². The number of amides is 1. The number of pyridine rings is 1. The number of hydrogen-bond acceptors (Lipinski definition) is 3. The van der Waals surface area contributed by atoms with Gasteiger partial charge in [-0.15, -0.1) is 0 Å². The Balaban J connectivity index is 1.74. The second kappa shape index (κ2) is 6.22. The average Bonchev–Trinajstić information content (AvgIpc) is 2.96. The molecule has 0 radical (unpaired) electrons. The molecule has 0 atom stereocenters. The van der Waals surface area contributed by atoms with E-state index in [1.54, 1.807) is 30.2 Å². The second-order valence-electron chi connectivity index (χ2n) is 4.95. The van der Waals surface area contributed by atoms with E-state index in [1.807, 2.05) is 42.5 Å². The van der Waals surface area contributed by atoms with Crippen LogP contribution in [0, 0.1) is 0 Å². The normalized spacial score (nSPS) is 10.4. The van der Waals surface area contributed by atoms with Crippen LogP contribution in [0.4, 0.5) is 0 Å². The van der Waals surface area contributed by atoms with Crippen LogP contribution in [0.3, 0.4) is 0 Å². The van der Waals surface area contributed by atoms with Gasteiger partial charge >= 0.3 is 0 Å². The van der Waals surface area contributed by atoms with Gasteiger partial charge in [-0.05, 0) is 17.7 Å². The monoisotopic (exact) mass is 292 g/mol. The second-order valence-corrected chi connectivity index (χ2v) is 4.95. The Hall–Kier alpha value is -2.95. The zero-order valence-corrected chi connectivity index (χ0v) is 12.2. The molecular formula is C17H16N4O. The van der Waals surface area contributed by atoms with Crippen molar-refractivity contribution in [1.82, 2.24) is 20.1 Å². The topological polar surface area (TPSA) is 59.8 Å². The molecule has 3 aromatic rings. The van der Waals surface area contributed by atoms with Gasteiger partial charge in [0.05, 0.1) is 5.69 Å². The smallest absolute Gasteiger partial charge is 0.269 e. The summed E-state index contributed by atoms with van der Waals surface area (Å²) in [6.07, 6.45) is 3.44. The number of rotatable bonds is 4. The summed E-state index contributed by atoms with van der Waals surface area (Å²) in [6, 6.07) is 15.4. The maximum Gasteiger partial charge on any atom is 0.269 e. The summed E-state index contributed by atoms with van der Waals surface area (Å²) in [4.78, 5) is 16.3. The molecule has 5 heteroatoms. The van der Waals surface area contributed by atoms with Crippen molar-refractivity contribution in [3.05, 3.63) is 72.2 Å². The molecule has 0 spiro atoms. The summed E-state index contributed by atoms with van der Waals surface area (Å²) >= 11 is 0. The average molecular weight is 292 g/mol. The van der Waals surface area contributed by atoms with Crippen molar-refractivity contribution in [2.45, 2.75) is 6.54 Å². The van der Waals surface area contributed by atoms with Crippen LogP contribution >= 0.6 is 0 Å².